The number of aryl methyl sites for hydroxylation is 1. The number of thioether (sulfide) groups is 1. The molecule has 0 saturated carbocycles. The van der Waals surface area contributed by atoms with E-state index in [0.717, 1.165) is 11.3 Å². The van der Waals surface area contributed by atoms with Crippen molar-refractivity contribution in [2.24, 2.45) is 0 Å². The molecule has 3 aromatic rings. The van der Waals surface area contributed by atoms with Gasteiger partial charge in [-0.2, -0.15) is 5.26 Å². The maximum absolute atomic E-state index is 13.0. The van der Waals surface area contributed by atoms with Crippen molar-refractivity contribution in [1.29, 1.82) is 5.26 Å². The zero-order valence-electron chi connectivity index (χ0n) is 15.6. The van der Waals surface area contributed by atoms with Gasteiger partial charge >= 0.3 is 0 Å². The summed E-state index contributed by atoms with van der Waals surface area (Å²) >= 11 is 1.22. The Kier molecular flexibility index (Phi) is 6.01. The third kappa shape index (κ3) is 4.02. The van der Waals surface area contributed by atoms with Crippen molar-refractivity contribution in [2.75, 3.05) is 17.3 Å². The smallest absolute Gasteiger partial charge is 0.240 e. The topological polar surface area (TPSA) is 114 Å². The molecule has 28 heavy (non-hydrogen) atoms. The lowest BCUT2D eigenvalue weighted by molar-refractivity contribution is -0.117. The molecule has 0 fully saturated rings. The molecule has 0 aliphatic carbocycles. The number of para-hydroxylation sites is 1. The van der Waals surface area contributed by atoms with Gasteiger partial charge in [-0.3, -0.25) is 4.79 Å². The molecule has 0 aliphatic rings. The van der Waals surface area contributed by atoms with Crippen molar-refractivity contribution in [3.63, 3.8) is 0 Å². The first-order valence-electron chi connectivity index (χ1n) is 8.68. The van der Waals surface area contributed by atoms with Crippen LogP contribution in [0.4, 0.5) is 5.69 Å². The standard InChI is InChI=1S/C19H20N6O2S/c1-13-16(9-12-27-13)17-22-23-19(25(17)21)28-14(2)18(26)24(11-6-10-20)15-7-4-3-5-8-15/h3-5,7-9,12,14H,6,11,21H2,1-2H3. The number of benzene rings is 1. The number of amides is 1. The second kappa shape index (κ2) is 8.63. The number of nitrogens with two attached hydrogens (primary N) is 1. The van der Waals surface area contributed by atoms with Crippen LogP contribution in [0.3, 0.4) is 0 Å². The Balaban J connectivity index is 1.79. The number of anilines is 1. The van der Waals surface area contributed by atoms with E-state index in [0.29, 0.717) is 23.3 Å². The van der Waals surface area contributed by atoms with Crippen LogP contribution in [0.2, 0.25) is 0 Å². The van der Waals surface area contributed by atoms with Crippen LogP contribution in [0.15, 0.2) is 52.2 Å². The minimum Gasteiger partial charge on any atom is -0.469 e. The molecule has 0 radical (unpaired) electrons. The molecule has 1 atom stereocenters. The number of carbonyl (C=O) groups is 1. The minimum atomic E-state index is -0.469. The third-order valence-electron chi connectivity index (χ3n) is 4.18. The Bertz CT molecular complexity index is 992. The van der Waals surface area contributed by atoms with Gasteiger partial charge in [0.15, 0.2) is 5.82 Å². The number of nitrogen functional groups attached to an aromatic ring is 1. The molecule has 2 heterocycles. The Morgan fingerprint density at radius 1 is 1.36 bits per heavy atom. The van der Waals surface area contributed by atoms with Gasteiger partial charge in [-0.15, -0.1) is 10.2 Å². The zero-order chi connectivity index (χ0) is 20.1. The Morgan fingerprint density at radius 3 is 2.75 bits per heavy atom. The quantitative estimate of drug-likeness (QED) is 0.482. The number of carbonyl (C=O) groups excluding carboxylic acids is 1. The summed E-state index contributed by atoms with van der Waals surface area (Å²) in [5.41, 5.74) is 1.50. The van der Waals surface area contributed by atoms with Crippen LogP contribution in [0.1, 0.15) is 19.1 Å². The molecule has 2 aromatic heterocycles. The molecule has 9 heteroatoms. The van der Waals surface area contributed by atoms with Crippen LogP contribution in [0.5, 0.6) is 0 Å². The van der Waals surface area contributed by atoms with E-state index in [9.17, 15) is 4.79 Å². The molecule has 1 aromatic carbocycles. The van der Waals surface area contributed by atoms with E-state index in [2.05, 4.69) is 16.3 Å². The van der Waals surface area contributed by atoms with Crippen molar-refractivity contribution >= 4 is 23.4 Å². The van der Waals surface area contributed by atoms with Gasteiger partial charge in [-0.25, -0.2) is 4.68 Å². The van der Waals surface area contributed by atoms with Crippen molar-refractivity contribution in [3.05, 3.63) is 48.4 Å². The maximum atomic E-state index is 13.0. The minimum absolute atomic E-state index is 0.129. The van der Waals surface area contributed by atoms with E-state index in [-0.39, 0.29) is 12.3 Å². The summed E-state index contributed by atoms with van der Waals surface area (Å²) in [5, 5.41) is 17.1. The fourth-order valence-corrected chi connectivity index (χ4v) is 3.55. The van der Waals surface area contributed by atoms with Crippen molar-refractivity contribution in [1.82, 2.24) is 14.9 Å². The van der Waals surface area contributed by atoms with Gasteiger partial charge in [0, 0.05) is 12.2 Å². The third-order valence-corrected chi connectivity index (χ3v) is 5.22. The van der Waals surface area contributed by atoms with E-state index in [1.54, 1.807) is 24.2 Å². The van der Waals surface area contributed by atoms with Crippen LogP contribution in [-0.2, 0) is 4.79 Å². The summed E-state index contributed by atoms with van der Waals surface area (Å²) in [6.07, 6.45) is 1.81. The highest BCUT2D eigenvalue weighted by molar-refractivity contribution is 8.00. The molecule has 0 bridgehead atoms. The second-order valence-electron chi connectivity index (χ2n) is 6.06. The highest BCUT2D eigenvalue weighted by atomic mass is 32.2. The van der Waals surface area contributed by atoms with Crippen LogP contribution >= 0.6 is 11.8 Å². The SMILES string of the molecule is Cc1occc1-c1nnc(SC(C)C(=O)N(CCC#N)c2ccccc2)n1N. The summed E-state index contributed by atoms with van der Waals surface area (Å²) in [6, 6.07) is 13.1. The van der Waals surface area contributed by atoms with E-state index >= 15 is 0 Å². The average molecular weight is 396 g/mol. The van der Waals surface area contributed by atoms with Crippen LogP contribution < -0.4 is 10.7 Å². The molecule has 2 N–H and O–H groups in total. The second-order valence-corrected chi connectivity index (χ2v) is 7.37. The van der Waals surface area contributed by atoms with E-state index < -0.39 is 5.25 Å². The first-order chi connectivity index (χ1) is 13.5. The summed E-state index contributed by atoms with van der Waals surface area (Å²) in [6.45, 7) is 3.92. The molecular weight excluding hydrogens is 376 g/mol. The molecule has 3 rings (SSSR count). The monoisotopic (exact) mass is 396 g/mol. The first kappa shape index (κ1) is 19.5. The van der Waals surface area contributed by atoms with Crippen molar-refractivity contribution in [3.8, 4) is 17.5 Å². The molecule has 0 spiro atoms. The van der Waals surface area contributed by atoms with Gasteiger partial charge in [-0.1, -0.05) is 30.0 Å². The van der Waals surface area contributed by atoms with Gasteiger partial charge in [0.1, 0.15) is 5.76 Å². The van der Waals surface area contributed by atoms with E-state index in [1.165, 1.54) is 16.4 Å². The predicted molar refractivity (Wildman–Crippen MR) is 107 cm³/mol. The Hall–Kier alpha value is -3.25. The molecule has 1 unspecified atom stereocenters. The van der Waals surface area contributed by atoms with E-state index in [1.807, 2.05) is 37.3 Å². The highest BCUT2D eigenvalue weighted by Crippen LogP contribution is 2.28. The van der Waals surface area contributed by atoms with Crippen LogP contribution in [0.25, 0.3) is 11.4 Å². The van der Waals surface area contributed by atoms with Gasteiger partial charge in [0.2, 0.25) is 11.1 Å². The van der Waals surface area contributed by atoms with E-state index in [4.69, 9.17) is 15.5 Å². The molecular formula is C19H20N6O2S. The number of aromatic nitrogens is 3. The molecule has 0 saturated heterocycles. The number of rotatable bonds is 7. The van der Waals surface area contributed by atoms with Gasteiger partial charge < -0.3 is 15.2 Å². The molecule has 1 amide bonds. The summed E-state index contributed by atoms with van der Waals surface area (Å²) in [4.78, 5) is 14.6. The summed E-state index contributed by atoms with van der Waals surface area (Å²) in [5.74, 6) is 7.17. The molecule has 8 nitrogen and oxygen atoms in total. The summed E-state index contributed by atoms with van der Waals surface area (Å²) < 4.78 is 6.65. The maximum Gasteiger partial charge on any atom is 0.240 e. The Labute approximate surface area is 166 Å². The fourth-order valence-electron chi connectivity index (χ4n) is 2.72. The number of nitriles is 1. The average Bonchev–Trinajstić information content (AvgIpc) is 3.28. The number of hydrogen-bond acceptors (Lipinski definition) is 7. The fraction of sp³-hybridized carbons (Fsp3) is 0.263. The van der Waals surface area contributed by atoms with Gasteiger partial charge in [-0.05, 0) is 32.0 Å². The molecule has 144 valence electrons. The van der Waals surface area contributed by atoms with Crippen molar-refractivity contribution < 1.29 is 9.21 Å². The highest BCUT2D eigenvalue weighted by Gasteiger charge is 2.25. The number of hydrogen-bond donors (Lipinski definition) is 1. The van der Waals surface area contributed by atoms with Crippen LogP contribution in [0, 0.1) is 18.3 Å². The lowest BCUT2D eigenvalue weighted by Crippen LogP contribution is -2.37. The van der Waals surface area contributed by atoms with Gasteiger partial charge in [0.25, 0.3) is 0 Å². The van der Waals surface area contributed by atoms with Crippen molar-refractivity contribution in [2.45, 2.75) is 30.7 Å². The lowest BCUT2D eigenvalue weighted by Gasteiger charge is -2.24. The normalized spacial score (nSPS) is 11.8. The van der Waals surface area contributed by atoms with Crippen LogP contribution in [-0.4, -0.2) is 32.6 Å². The number of furan rings is 1. The number of nitrogens with zero attached hydrogens (tertiary/aromatic N) is 5. The lowest BCUT2D eigenvalue weighted by atomic mass is 10.2. The predicted octanol–water partition coefficient (Wildman–Crippen LogP) is 2.99. The summed E-state index contributed by atoms with van der Waals surface area (Å²) in [7, 11) is 0. The zero-order valence-corrected chi connectivity index (χ0v) is 16.4. The van der Waals surface area contributed by atoms with Gasteiger partial charge in [0.05, 0.1) is 29.6 Å². The Morgan fingerprint density at radius 2 is 2.11 bits per heavy atom. The molecule has 0 aliphatic heterocycles. The first-order valence-corrected chi connectivity index (χ1v) is 9.56. The largest absolute Gasteiger partial charge is 0.469 e.